The molecule has 0 spiro atoms. The maximum atomic E-state index is 13.5. The molecule has 1 heterocycles. The molecule has 0 radical (unpaired) electrons. The van der Waals surface area contributed by atoms with Crippen LogP contribution in [0.25, 0.3) is 0 Å². The lowest BCUT2D eigenvalue weighted by Crippen LogP contribution is -2.70. The van der Waals surface area contributed by atoms with Gasteiger partial charge in [0.05, 0.1) is 13.2 Å². The SMILES string of the molecule is COc1ccc(N2C(=O)C(O[Si](C(C)C)(C(C)C)C(C)C)C2CC2CCCCC2)cc1. The number of rotatable bonds is 9. The monoisotopic (exact) mass is 445 g/mol. The van der Waals surface area contributed by atoms with Crippen LogP contribution >= 0.6 is 0 Å². The number of amides is 1. The summed E-state index contributed by atoms with van der Waals surface area (Å²) in [5, 5.41) is 0. The van der Waals surface area contributed by atoms with Gasteiger partial charge < -0.3 is 14.1 Å². The topological polar surface area (TPSA) is 38.8 Å². The van der Waals surface area contributed by atoms with E-state index in [0.29, 0.717) is 22.5 Å². The predicted molar refractivity (Wildman–Crippen MR) is 131 cm³/mol. The zero-order valence-corrected chi connectivity index (χ0v) is 21.7. The van der Waals surface area contributed by atoms with Crippen molar-refractivity contribution in [2.24, 2.45) is 5.92 Å². The number of carbonyl (C=O) groups excluding carboxylic acids is 1. The van der Waals surface area contributed by atoms with Crippen molar-refractivity contribution >= 4 is 19.9 Å². The first kappa shape index (κ1) is 24.3. The highest BCUT2D eigenvalue weighted by molar-refractivity contribution is 6.77. The van der Waals surface area contributed by atoms with Crippen molar-refractivity contribution in [1.29, 1.82) is 0 Å². The third-order valence-electron chi connectivity index (χ3n) is 7.85. The van der Waals surface area contributed by atoms with E-state index in [9.17, 15) is 4.79 Å². The second-order valence-electron chi connectivity index (χ2n) is 10.6. The second-order valence-corrected chi connectivity index (χ2v) is 16.0. The predicted octanol–water partition coefficient (Wildman–Crippen LogP) is 6.94. The minimum Gasteiger partial charge on any atom is -0.497 e. The number of nitrogens with zero attached hydrogens (tertiary/aromatic N) is 1. The molecular formula is C26H43NO3Si. The van der Waals surface area contributed by atoms with Gasteiger partial charge in [-0.15, -0.1) is 0 Å². The Hall–Kier alpha value is -1.33. The van der Waals surface area contributed by atoms with E-state index < -0.39 is 8.32 Å². The molecular weight excluding hydrogens is 402 g/mol. The van der Waals surface area contributed by atoms with Crippen LogP contribution in [0, 0.1) is 5.92 Å². The smallest absolute Gasteiger partial charge is 0.257 e. The molecule has 5 heteroatoms. The Balaban J connectivity index is 1.89. The average Bonchev–Trinajstić information content (AvgIpc) is 2.74. The van der Waals surface area contributed by atoms with Gasteiger partial charge in [-0.2, -0.15) is 0 Å². The lowest BCUT2D eigenvalue weighted by molar-refractivity contribution is -0.136. The molecule has 1 aromatic carbocycles. The molecule has 2 fully saturated rings. The van der Waals surface area contributed by atoms with Gasteiger partial charge in [-0.1, -0.05) is 73.6 Å². The fraction of sp³-hybridized carbons (Fsp3) is 0.731. The zero-order chi connectivity index (χ0) is 22.8. The molecule has 2 atom stereocenters. The molecule has 0 bridgehead atoms. The summed E-state index contributed by atoms with van der Waals surface area (Å²) < 4.78 is 12.4. The highest BCUT2D eigenvalue weighted by Crippen LogP contribution is 2.47. The standard InChI is InChI=1S/C26H43NO3Si/c1-18(2)31(19(3)4,20(5)6)30-25-24(17-21-11-9-8-10-12-21)27(26(25)28)22-13-15-23(29-7)16-14-22/h13-16,18-21,24-25H,8-12,17H2,1-7H3. The fourth-order valence-corrected chi connectivity index (χ4v) is 11.8. The molecule has 0 aromatic heterocycles. The number of anilines is 1. The summed E-state index contributed by atoms with van der Waals surface area (Å²) in [6.07, 6.45) is 7.34. The van der Waals surface area contributed by atoms with Crippen LogP contribution in [0.1, 0.15) is 80.1 Å². The number of ether oxygens (including phenoxy) is 1. The number of benzene rings is 1. The van der Waals surface area contributed by atoms with Crippen LogP contribution in [-0.2, 0) is 9.22 Å². The summed E-state index contributed by atoms with van der Waals surface area (Å²) in [6, 6.07) is 8.07. The van der Waals surface area contributed by atoms with Crippen LogP contribution < -0.4 is 9.64 Å². The summed E-state index contributed by atoms with van der Waals surface area (Å²) in [7, 11) is -0.448. The Morgan fingerprint density at radius 1 is 0.935 bits per heavy atom. The number of carbonyl (C=O) groups is 1. The minimum atomic E-state index is -2.12. The van der Waals surface area contributed by atoms with E-state index in [-0.39, 0.29) is 18.1 Å². The molecule has 2 aliphatic rings. The average molecular weight is 446 g/mol. The van der Waals surface area contributed by atoms with Gasteiger partial charge >= 0.3 is 0 Å². The molecule has 1 saturated heterocycles. The normalized spacial score (nSPS) is 23.0. The van der Waals surface area contributed by atoms with E-state index >= 15 is 0 Å². The Labute approximate surface area is 190 Å². The summed E-state index contributed by atoms with van der Waals surface area (Å²) in [5.41, 5.74) is 2.40. The first-order valence-corrected chi connectivity index (χ1v) is 14.5. The first-order chi connectivity index (χ1) is 14.7. The molecule has 174 valence electrons. The third kappa shape index (κ3) is 4.73. The molecule has 0 N–H and O–H groups in total. The second kappa shape index (κ2) is 10.1. The number of hydrogen-bond acceptors (Lipinski definition) is 3. The van der Waals surface area contributed by atoms with Gasteiger partial charge in [0, 0.05) is 5.69 Å². The van der Waals surface area contributed by atoms with Crippen molar-refractivity contribution in [3.05, 3.63) is 24.3 Å². The van der Waals surface area contributed by atoms with Gasteiger partial charge in [0.25, 0.3) is 5.91 Å². The Bertz CT molecular complexity index is 703. The van der Waals surface area contributed by atoms with E-state index in [1.807, 2.05) is 29.2 Å². The summed E-state index contributed by atoms with van der Waals surface area (Å²) >= 11 is 0. The summed E-state index contributed by atoms with van der Waals surface area (Å²) in [6.45, 7) is 13.8. The van der Waals surface area contributed by atoms with Gasteiger partial charge in [0.1, 0.15) is 11.9 Å². The largest absolute Gasteiger partial charge is 0.497 e. The highest BCUT2D eigenvalue weighted by Gasteiger charge is 2.56. The van der Waals surface area contributed by atoms with Gasteiger partial charge in [-0.05, 0) is 53.2 Å². The van der Waals surface area contributed by atoms with Gasteiger partial charge in [-0.3, -0.25) is 4.79 Å². The highest BCUT2D eigenvalue weighted by atomic mass is 28.4. The van der Waals surface area contributed by atoms with Crippen molar-refractivity contribution in [3.8, 4) is 5.75 Å². The Morgan fingerprint density at radius 2 is 1.48 bits per heavy atom. The van der Waals surface area contributed by atoms with Gasteiger partial charge in [-0.25, -0.2) is 0 Å². The summed E-state index contributed by atoms with van der Waals surface area (Å²) in [4.78, 5) is 15.5. The molecule has 4 nitrogen and oxygen atoms in total. The van der Waals surface area contributed by atoms with Crippen LogP contribution in [-0.4, -0.2) is 33.5 Å². The Morgan fingerprint density at radius 3 is 1.97 bits per heavy atom. The molecule has 1 aromatic rings. The molecule has 2 unspecified atom stereocenters. The number of methoxy groups -OCH3 is 1. The Kier molecular flexibility index (Phi) is 7.90. The number of β-lactam (4-membered cyclic amide) rings is 1. The molecule has 1 saturated carbocycles. The molecule has 1 aliphatic heterocycles. The minimum absolute atomic E-state index is 0.143. The van der Waals surface area contributed by atoms with Gasteiger partial charge in [0.15, 0.2) is 0 Å². The molecule has 1 amide bonds. The van der Waals surface area contributed by atoms with Crippen molar-refractivity contribution in [2.75, 3.05) is 12.0 Å². The van der Waals surface area contributed by atoms with Crippen molar-refractivity contribution in [1.82, 2.24) is 0 Å². The van der Waals surface area contributed by atoms with E-state index in [1.165, 1.54) is 32.1 Å². The maximum Gasteiger partial charge on any atom is 0.257 e. The van der Waals surface area contributed by atoms with Crippen LogP contribution in [0.15, 0.2) is 24.3 Å². The van der Waals surface area contributed by atoms with E-state index in [0.717, 1.165) is 17.9 Å². The number of hydrogen-bond donors (Lipinski definition) is 0. The van der Waals surface area contributed by atoms with Crippen molar-refractivity contribution in [3.63, 3.8) is 0 Å². The first-order valence-electron chi connectivity index (χ1n) is 12.4. The van der Waals surface area contributed by atoms with Crippen molar-refractivity contribution < 1.29 is 14.0 Å². The van der Waals surface area contributed by atoms with Crippen LogP contribution in [0.2, 0.25) is 16.6 Å². The zero-order valence-electron chi connectivity index (χ0n) is 20.7. The van der Waals surface area contributed by atoms with Crippen molar-refractivity contribution in [2.45, 2.75) is 109 Å². The van der Waals surface area contributed by atoms with Crippen LogP contribution in [0.4, 0.5) is 5.69 Å². The quantitative estimate of drug-likeness (QED) is 0.305. The van der Waals surface area contributed by atoms with Crippen LogP contribution in [0.5, 0.6) is 5.75 Å². The fourth-order valence-electron chi connectivity index (χ4n) is 6.33. The van der Waals surface area contributed by atoms with Crippen LogP contribution in [0.3, 0.4) is 0 Å². The molecule has 31 heavy (non-hydrogen) atoms. The van der Waals surface area contributed by atoms with Gasteiger partial charge in [0.2, 0.25) is 8.32 Å². The lowest BCUT2D eigenvalue weighted by atomic mass is 9.80. The van der Waals surface area contributed by atoms with E-state index in [1.54, 1.807) is 7.11 Å². The van der Waals surface area contributed by atoms with E-state index in [4.69, 9.17) is 9.16 Å². The van der Waals surface area contributed by atoms with E-state index in [2.05, 4.69) is 41.5 Å². The molecule has 3 rings (SSSR count). The maximum absolute atomic E-state index is 13.5. The third-order valence-corrected chi connectivity index (χ3v) is 13.9. The lowest BCUT2D eigenvalue weighted by Gasteiger charge is -2.53. The summed E-state index contributed by atoms with van der Waals surface area (Å²) in [5.74, 6) is 1.66. The molecule has 1 aliphatic carbocycles.